The fraction of sp³-hybridized carbons (Fsp3) is 0.818. The fourth-order valence-corrected chi connectivity index (χ4v) is 1.43. The zero-order valence-corrected chi connectivity index (χ0v) is 11.0. The van der Waals surface area contributed by atoms with Crippen molar-refractivity contribution in [3.05, 3.63) is 0 Å². The maximum atomic E-state index is 11.7. The predicted octanol–water partition coefficient (Wildman–Crippen LogP) is 1.21. The van der Waals surface area contributed by atoms with Crippen LogP contribution in [-0.2, 0) is 9.53 Å². The van der Waals surface area contributed by atoms with Gasteiger partial charge < -0.3 is 20.5 Å². The topological polar surface area (TPSA) is 87.7 Å². The number of rotatable bonds is 9. The Morgan fingerprint density at radius 3 is 2.53 bits per heavy atom. The number of aliphatic carboxylic acids is 1. The molecule has 0 spiro atoms. The minimum absolute atomic E-state index is 0.0282. The summed E-state index contributed by atoms with van der Waals surface area (Å²) in [4.78, 5) is 22.5. The Balaban J connectivity index is 3.98. The van der Waals surface area contributed by atoms with Crippen molar-refractivity contribution in [2.75, 3.05) is 19.8 Å². The number of carbonyl (C=O) groups is 2. The van der Waals surface area contributed by atoms with E-state index in [4.69, 9.17) is 5.11 Å². The van der Waals surface area contributed by atoms with Gasteiger partial charge in [0, 0.05) is 6.54 Å². The molecule has 1 atom stereocenters. The average molecular weight is 282 g/mol. The number of nitrogens with one attached hydrogen (secondary N) is 2. The maximum absolute atomic E-state index is 11.7. The highest BCUT2D eigenvalue weighted by Gasteiger charge is 2.33. The smallest absolute Gasteiger partial charge is 0.329 e. The molecule has 0 bridgehead atoms. The molecule has 2 amide bonds. The van der Waals surface area contributed by atoms with E-state index in [1.807, 2.05) is 0 Å². The number of carbonyl (C=O) groups excluding carboxylic acids is 1. The van der Waals surface area contributed by atoms with Crippen LogP contribution in [0.25, 0.3) is 0 Å². The molecule has 0 aliphatic rings. The third-order valence-corrected chi connectivity index (χ3v) is 2.39. The molecule has 0 aliphatic heterocycles. The van der Waals surface area contributed by atoms with Gasteiger partial charge in [-0.3, -0.25) is 0 Å². The van der Waals surface area contributed by atoms with E-state index in [-0.39, 0.29) is 19.6 Å². The second kappa shape index (κ2) is 8.63. The van der Waals surface area contributed by atoms with E-state index in [0.29, 0.717) is 6.42 Å². The van der Waals surface area contributed by atoms with Gasteiger partial charge >= 0.3 is 12.0 Å². The van der Waals surface area contributed by atoms with E-state index in [1.54, 1.807) is 6.92 Å². The summed E-state index contributed by atoms with van der Waals surface area (Å²) in [5, 5.41) is 13.7. The van der Waals surface area contributed by atoms with Gasteiger partial charge in [-0.25, -0.2) is 18.4 Å². The minimum Gasteiger partial charge on any atom is -0.480 e. The molecule has 19 heavy (non-hydrogen) atoms. The van der Waals surface area contributed by atoms with Crippen LogP contribution in [0.5, 0.6) is 0 Å². The zero-order chi connectivity index (χ0) is 14.9. The summed E-state index contributed by atoms with van der Waals surface area (Å²) in [6.45, 7) is 2.49. The Morgan fingerprint density at radius 2 is 2.05 bits per heavy atom. The summed E-state index contributed by atoms with van der Waals surface area (Å²) >= 11 is 0. The summed E-state index contributed by atoms with van der Waals surface area (Å²) < 4.78 is 28.0. The molecule has 0 radical (unpaired) electrons. The molecule has 0 aromatic rings. The number of alkyl halides is 2. The molecule has 0 aromatic heterocycles. The summed E-state index contributed by atoms with van der Waals surface area (Å²) in [6.07, 6.45) is -1.66. The lowest BCUT2D eigenvalue weighted by molar-refractivity contribution is -0.144. The van der Waals surface area contributed by atoms with Crippen molar-refractivity contribution in [1.82, 2.24) is 10.6 Å². The lowest BCUT2D eigenvalue weighted by atomic mass is 9.97. The van der Waals surface area contributed by atoms with E-state index in [1.165, 1.54) is 6.92 Å². The Hall–Kier alpha value is -1.44. The van der Waals surface area contributed by atoms with Crippen LogP contribution in [0, 0.1) is 0 Å². The maximum Gasteiger partial charge on any atom is 0.329 e. The average Bonchev–Trinajstić information content (AvgIpc) is 2.28. The Morgan fingerprint density at radius 1 is 1.42 bits per heavy atom. The van der Waals surface area contributed by atoms with Gasteiger partial charge in [0.2, 0.25) is 0 Å². The molecule has 8 heteroatoms. The van der Waals surface area contributed by atoms with Gasteiger partial charge in [0.25, 0.3) is 6.43 Å². The van der Waals surface area contributed by atoms with Crippen LogP contribution in [0.3, 0.4) is 0 Å². The van der Waals surface area contributed by atoms with Crippen molar-refractivity contribution in [2.45, 2.75) is 38.7 Å². The summed E-state index contributed by atoms with van der Waals surface area (Å²) in [6, 6.07) is -0.668. The van der Waals surface area contributed by atoms with E-state index in [2.05, 4.69) is 15.4 Å². The highest BCUT2D eigenvalue weighted by atomic mass is 19.3. The van der Waals surface area contributed by atoms with Gasteiger partial charge in [0.15, 0.2) is 0 Å². The number of hydrogen-bond acceptors (Lipinski definition) is 3. The highest BCUT2D eigenvalue weighted by Crippen LogP contribution is 2.12. The third kappa shape index (κ3) is 7.55. The fourth-order valence-electron chi connectivity index (χ4n) is 1.43. The van der Waals surface area contributed by atoms with E-state index >= 15 is 0 Å². The van der Waals surface area contributed by atoms with Gasteiger partial charge in [-0.15, -0.1) is 0 Å². The van der Waals surface area contributed by atoms with Crippen molar-refractivity contribution in [3.63, 3.8) is 0 Å². The predicted molar refractivity (Wildman–Crippen MR) is 64.3 cm³/mol. The van der Waals surface area contributed by atoms with Crippen molar-refractivity contribution >= 4 is 12.0 Å². The zero-order valence-electron chi connectivity index (χ0n) is 11.0. The van der Waals surface area contributed by atoms with Gasteiger partial charge in [-0.2, -0.15) is 0 Å². The second-order valence-corrected chi connectivity index (χ2v) is 4.23. The molecule has 0 aromatic carbocycles. The van der Waals surface area contributed by atoms with E-state index in [9.17, 15) is 18.4 Å². The number of amides is 2. The van der Waals surface area contributed by atoms with Crippen molar-refractivity contribution in [1.29, 1.82) is 0 Å². The molecule has 0 rings (SSSR count). The minimum atomic E-state index is -2.55. The molecule has 0 saturated heterocycles. The molecule has 6 nitrogen and oxygen atoms in total. The first kappa shape index (κ1) is 17.6. The Bertz CT molecular complexity index is 302. The number of carboxylic acid groups (broad SMARTS) is 1. The first-order valence-corrected chi connectivity index (χ1v) is 5.97. The lowest BCUT2D eigenvalue weighted by Crippen LogP contribution is -2.55. The summed E-state index contributed by atoms with van der Waals surface area (Å²) in [5.41, 5.74) is -1.34. The largest absolute Gasteiger partial charge is 0.480 e. The number of carboxylic acids is 1. The molecule has 112 valence electrons. The van der Waals surface area contributed by atoms with Crippen LogP contribution in [0.4, 0.5) is 13.6 Å². The van der Waals surface area contributed by atoms with Gasteiger partial charge in [0.05, 0.1) is 6.61 Å². The molecular weight excluding hydrogens is 262 g/mol. The van der Waals surface area contributed by atoms with E-state index < -0.39 is 30.6 Å². The van der Waals surface area contributed by atoms with Gasteiger partial charge in [-0.1, -0.05) is 13.3 Å². The van der Waals surface area contributed by atoms with Crippen LogP contribution < -0.4 is 10.6 Å². The molecule has 3 N–H and O–H groups in total. The quantitative estimate of drug-likeness (QED) is 0.555. The van der Waals surface area contributed by atoms with Crippen LogP contribution in [0.1, 0.15) is 26.7 Å². The third-order valence-electron chi connectivity index (χ3n) is 2.39. The Labute approximate surface area is 110 Å². The number of urea groups is 1. The second-order valence-electron chi connectivity index (χ2n) is 4.23. The standard InChI is InChI=1S/C11H20F2N2O4/c1-3-4-11(2,9(16)17)15-10(18)14-5-6-19-7-8(12)13/h8H,3-7H2,1-2H3,(H,16,17)(H2,14,15,18). The number of hydrogen-bond donors (Lipinski definition) is 3. The summed E-state index contributed by atoms with van der Waals surface area (Å²) in [5.74, 6) is -1.13. The molecule has 1 unspecified atom stereocenters. The first-order chi connectivity index (χ1) is 8.81. The number of ether oxygens (including phenoxy) is 1. The highest BCUT2D eigenvalue weighted by molar-refractivity contribution is 5.85. The lowest BCUT2D eigenvalue weighted by Gasteiger charge is -2.25. The van der Waals surface area contributed by atoms with Gasteiger partial charge in [-0.05, 0) is 13.3 Å². The molecule has 0 saturated carbocycles. The summed E-state index contributed by atoms with van der Waals surface area (Å²) in [7, 11) is 0. The number of halogens is 2. The molecule has 0 heterocycles. The molecular formula is C11H20F2N2O4. The first-order valence-electron chi connectivity index (χ1n) is 5.97. The van der Waals surface area contributed by atoms with Crippen LogP contribution in [0.2, 0.25) is 0 Å². The van der Waals surface area contributed by atoms with Crippen molar-refractivity contribution in [3.8, 4) is 0 Å². The molecule has 0 fully saturated rings. The SMILES string of the molecule is CCCC(C)(NC(=O)NCCOCC(F)F)C(=O)O. The Kier molecular flexibility index (Phi) is 7.97. The van der Waals surface area contributed by atoms with Crippen LogP contribution >= 0.6 is 0 Å². The van der Waals surface area contributed by atoms with E-state index in [0.717, 1.165) is 0 Å². The monoisotopic (exact) mass is 282 g/mol. The molecule has 0 aliphatic carbocycles. The van der Waals surface area contributed by atoms with Crippen LogP contribution in [0.15, 0.2) is 0 Å². The van der Waals surface area contributed by atoms with Crippen molar-refractivity contribution < 1.29 is 28.2 Å². The van der Waals surface area contributed by atoms with Gasteiger partial charge in [0.1, 0.15) is 12.1 Å². The normalized spacial score (nSPS) is 13.9. The van der Waals surface area contributed by atoms with Crippen LogP contribution in [-0.4, -0.2) is 48.8 Å². The van der Waals surface area contributed by atoms with Crippen molar-refractivity contribution in [2.24, 2.45) is 0 Å².